The van der Waals surface area contributed by atoms with Gasteiger partial charge in [-0.05, 0) is 36.2 Å². The lowest BCUT2D eigenvalue weighted by Crippen LogP contribution is -2.36. The van der Waals surface area contributed by atoms with Crippen LogP contribution >= 0.6 is 22.9 Å². The topological polar surface area (TPSA) is 115 Å². The number of hydrogen-bond acceptors (Lipinski definition) is 7. The summed E-state index contributed by atoms with van der Waals surface area (Å²) in [5.41, 5.74) is 2.25. The average molecular weight is 522 g/mol. The number of sulfone groups is 1. The number of halogens is 1. The van der Waals surface area contributed by atoms with Crippen LogP contribution in [0.1, 0.15) is 5.56 Å². The van der Waals surface area contributed by atoms with E-state index in [1.54, 1.807) is 30.3 Å². The number of para-hydroxylation sites is 1. The molecule has 34 heavy (non-hydrogen) atoms. The van der Waals surface area contributed by atoms with Crippen molar-refractivity contribution in [3.63, 3.8) is 0 Å². The summed E-state index contributed by atoms with van der Waals surface area (Å²) in [6.07, 6.45) is 0.645. The molecule has 9 nitrogen and oxygen atoms in total. The number of anilines is 1. The number of amides is 2. The molecule has 2 aromatic carbocycles. The molecule has 0 fully saturated rings. The number of hydrogen-bond donors (Lipinski definition) is 0. The molecular weight excluding hydrogens is 502 g/mol. The maximum atomic E-state index is 12.7. The number of rotatable bonds is 6. The Labute approximate surface area is 204 Å². The van der Waals surface area contributed by atoms with Crippen molar-refractivity contribution in [2.45, 2.75) is 13.0 Å². The fourth-order valence-corrected chi connectivity index (χ4v) is 6.12. The zero-order valence-electron chi connectivity index (χ0n) is 18.1. The van der Waals surface area contributed by atoms with Gasteiger partial charge in [-0.1, -0.05) is 41.1 Å². The third-order valence-electron chi connectivity index (χ3n) is 5.26. The first-order chi connectivity index (χ1) is 16.2. The van der Waals surface area contributed by atoms with Crippen LogP contribution in [0.5, 0.6) is 0 Å². The molecule has 0 N–H and O–H groups in total. The minimum Gasteiger partial charge on any atom is -0.468 e. The van der Waals surface area contributed by atoms with E-state index in [4.69, 9.17) is 16.3 Å². The minimum absolute atomic E-state index is 0.127. The lowest BCUT2D eigenvalue weighted by molar-refractivity contribution is -0.141. The average Bonchev–Trinajstić information content (AvgIpc) is 3.34. The molecule has 12 heteroatoms. The van der Waals surface area contributed by atoms with E-state index in [1.165, 1.54) is 16.6 Å². The van der Waals surface area contributed by atoms with Crippen LogP contribution in [0, 0.1) is 0 Å². The number of carbonyl (C=O) groups excluding carboxylic acids is 3. The summed E-state index contributed by atoms with van der Waals surface area (Å²) in [4.78, 5) is 42.6. The minimum atomic E-state index is -4.07. The molecule has 1 aliphatic heterocycles. The Bertz CT molecular complexity index is 1480. The lowest BCUT2D eigenvalue weighted by atomic mass is 10.2. The third kappa shape index (κ3) is 5.21. The van der Waals surface area contributed by atoms with Gasteiger partial charge in [0.2, 0.25) is 5.91 Å². The number of fused-ring (bicyclic) bond motifs is 2. The summed E-state index contributed by atoms with van der Waals surface area (Å²) < 4.78 is 32.1. The second-order valence-electron chi connectivity index (χ2n) is 7.62. The standard InChI is InChI=1S/C22H20ClN3O6S2/c1-32-21(29)11-26-17-7-6-15(23)10-18(17)33-22(26)24-19(27)12-34(30,31)13-20(28)25-9-8-14-4-2-3-5-16(14)25/h2-7,10H,8-9,11-13H2,1H3. The van der Waals surface area contributed by atoms with Crippen LogP contribution in [-0.2, 0) is 41.9 Å². The van der Waals surface area contributed by atoms with Gasteiger partial charge in [0.15, 0.2) is 14.6 Å². The van der Waals surface area contributed by atoms with Gasteiger partial charge >= 0.3 is 5.97 Å². The van der Waals surface area contributed by atoms with Crippen molar-refractivity contribution in [1.82, 2.24) is 4.57 Å². The Balaban J connectivity index is 1.55. The first-order valence-electron chi connectivity index (χ1n) is 10.2. The molecule has 3 aromatic rings. The molecule has 178 valence electrons. The highest BCUT2D eigenvalue weighted by molar-refractivity contribution is 7.92. The molecule has 0 spiro atoms. The number of benzene rings is 2. The van der Waals surface area contributed by atoms with Crippen molar-refractivity contribution >= 4 is 66.5 Å². The Morgan fingerprint density at radius 1 is 1.15 bits per heavy atom. The molecule has 4 rings (SSSR count). The fourth-order valence-electron chi connectivity index (χ4n) is 3.72. The zero-order chi connectivity index (χ0) is 24.5. The van der Waals surface area contributed by atoms with Gasteiger partial charge in [0.05, 0.1) is 17.3 Å². The van der Waals surface area contributed by atoms with Gasteiger partial charge in [0.1, 0.15) is 18.1 Å². The van der Waals surface area contributed by atoms with Crippen molar-refractivity contribution in [2.24, 2.45) is 4.99 Å². The van der Waals surface area contributed by atoms with Crippen molar-refractivity contribution in [2.75, 3.05) is 30.1 Å². The summed E-state index contributed by atoms with van der Waals surface area (Å²) in [5, 5.41) is 0.460. The van der Waals surface area contributed by atoms with Gasteiger partial charge in [-0.15, -0.1) is 0 Å². The van der Waals surface area contributed by atoms with E-state index in [9.17, 15) is 22.8 Å². The summed E-state index contributed by atoms with van der Waals surface area (Å²) in [7, 11) is -2.83. The van der Waals surface area contributed by atoms with Gasteiger partial charge in [-0.25, -0.2) is 8.42 Å². The van der Waals surface area contributed by atoms with E-state index in [2.05, 4.69) is 4.99 Å². The van der Waals surface area contributed by atoms with Gasteiger partial charge < -0.3 is 14.2 Å². The third-order valence-corrected chi connectivity index (χ3v) is 7.90. The summed E-state index contributed by atoms with van der Waals surface area (Å²) >= 11 is 7.12. The van der Waals surface area contributed by atoms with E-state index < -0.39 is 39.1 Å². The van der Waals surface area contributed by atoms with Crippen LogP contribution in [0.25, 0.3) is 10.2 Å². The monoisotopic (exact) mass is 521 g/mol. The highest BCUT2D eigenvalue weighted by atomic mass is 35.5. The Morgan fingerprint density at radius 3 is 2.68 bits per heavy atom. The normalized spacial score (nSPS) is 13.8. The van der Waals surface area contributed by atoms with Crippen LogP contribution in [0.2, 0.25) is 5.02 Å². The van der Waals surface area contributed by atoms with E-state index in [0.29, 0.717) is 33.9 Å². The van der Waals surface area contributed by atoms with Gasteiger partial charge in [-0.3, -0.25) is 14.4 Å². The largest absolute Gasteiger partial charge is 0.468 e. The molecule has 1 aromatic heterocycles. The Hall–Kier alpha value is -3.02. The van der Waals surface area contributed by atoms with Crippen molar-refractivity contribution < 1.29 is 27.5 Å². The van der Waals surface area contributed by atoms with Crippen molar-refractivity contribution in [1.29, 1.82) is 0 Å². The predicted molar refractivity (Wildman–Crippen MR) is 129 cm³/mol. The molecule has 0 saturated carbocycles. The molecule has 0 unspecified atom stereocenters. The molecule has 1 aliphatic rings. The van der Waals surface area contributed by atoms with E-state index in [0.717, 1.165) is 16.9 Å². The number of thiazole rings is 1. The van der Waals surface area contributed by atoms with Crippen molar-refractivity contribution in [3.8, 4) is 0 Å². The Morgan fingerprint density at radius 2 is 1.91 bits per heavy atom. The second-order valence-corrected chi connectivity index (χ2v) is 11.1. The molecule has 0 atom stereocenters. The smallest absolute Gasteiger partial charge is 0.325 e. The highest BCUT2D eigenvalue weighted by Crippen LogP contribution is 2.27. The first-order valence-corrected chi connectivity index (χ1v) is 13.2. The molecule has 2 amide bonds. The summed E-state index contributed by atoms with van der Waals surface area (Å²) in [6.45, 7) is 0.174. The summed E-state index contributed by atoms with van der Waals surface area (Å²) in [5.74, 6) is -3.82. The van der Waals surface area contributed by atoms with Crippen LogP contribution in [0.3, 0.4) is 0 Å². The van der Waals surface area contributed by atoms with Crippen molar-refractivity contribution in [3.05, 3.63) is 57.9 Å². The number of nitrogens with zero attached hydrogens (tertiary/aromatic N) is 3. The van der Waals surface area contributed by atoms with Crippen LogP contribution in [0.15, 0.2) is 47.5 Å². The van der Waals surface area contributed by atoms with Crippen LogP contribution in [-0.4, -0.2) is 55.9 Å². The van der Waals surface area contributed by atoms with Gasteiger partial charge in [-0.2, -0.15) is 4.99 Å². The quantitative estimate of drug-likeness (QED) is 0.458. The van der Waals surface area contributed by atoms with Crippen LogP contribution < -0.4 is 9.70 Å². The second kappa shape index (κ2) is 9.69. The molecule has 2 heterocycles. The zero-order valence-corrected chi connectivity index (χ0v) is 20.5. The van der Waals surface area contributed by atoms with E-state index in [1.807, 2.05) is 12.1 Å². The molecule has 0 saturated heterocycles. The van der Waals surface area contributed by atoms with E-state index >= 15 is 0 Å². The van der Waals surface area contributed by atoms with Crippen LogP contribution in [0.4, 0.5) is 5.69 Å². The SMILES string of the molecule is COC(=O)Cn1c(=NC(=O)CS(=O)(=O)CC(=O)N2CCc3ccccc32)sc2cc(Cl)ccc21. The lowest BCUT2D eigenvalue weighted by Gasteiger charge is -2.17. The van der Waals surface area contributed by atoms with Gasteiger partial charge in [0, 0.05) is 17.3 Å². The molecule has 0 bridgehead atoms. The van der Waals surface area contributed by atoms with Gasteiger partial charge in [0.25, 0.3) is 5.91 Å². The molecule has 0 radical (unpaired) electrons. The highest BCUT2D eigenvalue weighted by Gasteiger charge is 2.29. The number of ether oxygens (including phenoxy) is 1. The summed E-state index contributed by atoms with van der Waals surface area (Å²) in [6, 6.07) is 12.2. The maximum absolute atomic E-state index is 12.7. The maximum Gasteiger partial charge on any atom is 0.325 e. The molecular formula is C22H20ClN3O6S2. The predicted octanol–water partition coefficient (Wildman–Crippen LogP) is 1.96. The molecule has 0 aliphatic carbocycles. The Kier molecular flexibility index (Phi) is 6.87. The fraction of sp³-hybridized carbons (Fsp3) is 0.273. The number of methoxy groups -OCH3 is 1. The first kappa shape index (κ1) is 24.1. The number of carbonyl (C=O) groups is 3. The number of aromatic nitrogens is 1. The van der Waals surface area contributed by atoms with E-state index in [-0.39, 0.29) is 11.3 Å². The number of esters is 1.